The van der Waals surface area contributed by atoms with Crippen molar-refractivity contribution in [2.24, 2.45) is 0 Å². The molecule has 1 saturated heterocycles. The highest BCUT2D eigenvalue weighted by Crippen LogP contribution is 2.38. The first-order chi connectivity index (χ1) is 6.43. The molecule has 1 aliphatic carbocycles. The minimum absolute atomic E-state index is 0.817. The van der Waals surface area contributed by atoms with Crippen molar-refractivity contribution in [3.8, 4) is 0 Å². The van der Waals surface area contributed by atoms with Gasteiger partial charge in [-0.2, -0.15) is 0 Å². The third kappa shape index (κ3) is 1.37. The molecule has 1 aromatic rings. The highest BCUT2D eigenvalue weighted by Gasteiger charge is 2.41. The van der Waals surface area contributed by atoms with Gasteiger partial charge in [0.2, 0.25) is 0 Å². The molecule has 0 radical (unpaired) electrons. The lowest BCUT2D eigenvalue weighted by atomic mass is 9.84. The van der Waals surface area contributed by atoms with Crippen molar-refractivity contribution in [3.05, 3.63) is 35.9 Å². The van der Waals surface area contributed by atoms with Crippen LogP contribution >= 0.6 is 0 Å². The van der Waals surface area contributed by atoms with Gasteiger partial charge in [0, 0.05) is 12.1 Å². The summed E-state index contributed by atoms with van der Waals surface area (Å²) in [5, 5.41) is 3.53. The third-order valence-corrected chi connectivity index (χ3v) is 3.44. The van der Waals surface area contributed by atoms with Gasteiger partial charge in [-0.25, -0.2) is 0 Å². The van der Waals surface area contributed by atoms with E-state index in [2.05, 4.69) is 35.6 Å². The molecule has 1 aromatic carbocycles. The van der Waals surface area contributed by atoms with E-state index in [1.165, 1.54) is 24.8 Å². The van der Waals surface area contributed by atoms with Gasteiger partial charge < -0.3 is 5.32 Å². The molecule has 13 heavy (non-hydrogen) atoms. The van der Waals surface area contributed by atoms with Crippen LogP contribution in [-0.4, -0.2) is 12.1 Å². The topological polar surface area (TPSA) is 21.9 Å². The standard InChI is InChI=1S/C12H15N/c1-2-4-9(5-3-1)10-6-7-11-12(8-10)13-11/h1-5,10-13H,6-8H2. The van der Waals surface area contributed by atoms with Crippen molar-refractivity contribution in [2.45, 2.75) is 37.3 Å². The van der Waals surface area contributed by atoms with Gasteiger partial charge in [0.25, 0.3) is 0 Å². The van der Waals surface area contributed by atoms with E-state index < -0.39 is 0 Å². The zero-order chi connectivity index (χ0) is 8.67. The molecule has 2 aliphatic rings. The molecule has 2 fully saturated rings. The van der Waals surface area contributed by atoms with E-state index in [1.807, 2.05) is 0 Å². The molecule has 3 atom stereocenters. The molecule has 3 rings (SSSR count). The zero-order valence-corrected chi connectivity index (χ0v) is 7.74. The second kappa shape index (κ2) is 2.85. The van der Waals surface area contributed by atoms with E-state index in [1.54, 1.807) is 0 Å². The monoisotopic (exact) mass is 173 g/mol. The second-order valence-electron chi connectivity index (χ2n) is 4.30. The summed E-state index contributed by atoms with van der Waals surface area (Å²) in [5.41, 5.74) is 1.54. The summed E-state index contributed by atoms with van der Waals surface area (Å²) >= 11 is 0. The van der Waals surface area contributed by atoms with Gasteiger partial charge in [-0.15, -0.1) is 0 Å². The fourth-order valence-electron chi connectivity index (χ4n) is 2.57. The lowest BCUT2D eigenvalue weighted by Crippen LogP contribution is -2.11. The molecule has 1 heteroatoms. The Morgan fingerprint density at radius 1 is 1.00 bits per heavy atom. The highest BCUT2D eigenvalue weighted by molar-refractivity contribution is 5.22. The summed E-state index contributed by atoms with van der Waals surface area (Å²) in [6.45, 7) is 0. The normalized spacial score (nSPS) is 36.8. The van der Waals surface area contributed by atoms with Crippen molar-refractivity contribution in [1.29, 1.82) is 0 Å². The van der Waals surface area contributed by atoms with Gasteiger partial charge in [-0.3, -0.25) is 0 Å². The quantitative estimate of drug-likeness (QED) is 0.647. The Balaban J connectivity index is 1.78. The van der Waals surface area contributed by atoms with E-state index >= 15 is 0 Å². The first-order valence-corrected chi connectivity index (χ1v) is 5.24. The summed E-state index contributed by atoms with van der Waals surface area (Å²) in [5.74, 6) is 0.817. The largest absolute Gasteiger partial charge is 0.308 e. The van der Waals surface area contributed by atoms with Crippen molar-refractivity contribution >= 4 is 0 Å². The summed E-state index contributed by atoms with van der Waals surface area (Å²) in [4.78, 5) is 0. The van der Waals surface area contributed by atoms with Gasteiger partial charge in [-0.05, 0) is 30.7 Å². The zero-order valence-electron chi connectivity index (χ0n) is 7.74. The number of hydrogen-bond donors (Lipinski definition) is 1. The number of fused-ring (bicyclic) bond motifs is 1. The van der Waals surface area contributed by atoms with Crippen molar-refractivity contribution in [2.75, 3.05) is 0 Å². The van der Waals surface area contributed by atoms with Crippen LogP contribution in [-0.2, 0) is 0 Å². The first kappa shape index (κ1) is 7.57. The lowest BCUT2D eigenvalue weighted by molar-refractivity contribution is 0.497. The van der Waals surface area contributed by atoms with E-state index in [4.69, 9.17) is 0 Å². The van der Waals surface area contributed by atoms with Gasteiger partial charge in [0.1, 0.15) is 0 Å². The Hall–Kier alpha value is -0.820. The SMILES string of the molecule is c1ccc(C2CCC3NC3C2)cc1. The minimum atomic E-state index is 0.817. The molecule has 1 nitrogen and oxygen atoms in total. The number of nitrogens with one attached hydrogen (secondary N) is 1. The van der Waals surface area contributed by atoms with Gasteiger partial charge in [-0.1, -0.05) is 30.3 Å². The molecule has 0 aromatic heterocycles. The number of benzene rings is 1. The summed E-state index contributed by atoms with van der Waals surface area (Å²) in [6.07, 6.45) is 4.11. The van der Waals surface area contributed by atoms with Crippen LogP contribution in [0.15, 0.2) is 30.3 Å². The molecule has 0 amide bonds. The Morgan fingerprint density at radius 3 is 2.62 bits per heavy atom. The predicted octanol–water partition coefficient (Wildman–Crippen LogP) is 2.29. The van der Waals surface area contributed by atoms with Gasteiger partial charge in [0.05, 0.1) is 0 Å². The smallest absolute Gasteiger partial charge is 0.0230 e. The summed E-state index contributed by atoms with van der Waals surface area (Å²) in [7, 11) is 0. The first-order valence-electron chi connectivity index (χ1n) is 5.24. The third-order valence-electron chi connectivity index (χ3n) is 3.44. The highest BCUT2D eigenvalue weighted by atomic mass is 15.1. The van der Waals surface area contributed by atoms with Gasteiger partial charge >= 0.3 is 0 Å². The van der Waals surface area contributed by atoms with Crippen LogP contribution in [0, 0.1) is 0 Å². The minimum Gasteiger partial charge on any atom is -0.308 e. The molecule has 0 bridgehead atoms. The fourth-order valence-corrected chi connectivity index (χ4v) is 2.57. The van der Waals surface area contributed by atoms with Gasteiger partial charge in [0.15, 0.2) is 0 Å². The van der Waals surface area contributed by atoms with Crippen molar-refractivity contribution in [3.63, 3.8) is 0 Å². The van der Waals surface area contributed by atoms with Crippen LogP contribution in [0.4, 0.5) is 0 Å². The maximum absolute atomic E-state index is 3.53. The number of hydrogen-bond acceptors (Lipinski definition) is 1. The van der Waals surface area contributed by atoms with E-state index in [0.29, 0.717) is 0 Å². The molecular formula is C12H15N. The number of rotatable bonds is 1. The Bertz CT molecular complexity index is 293. The molecular weight excluding hydrogens is 158 g/mol. The Kier molecular flexibility index (Phi) is 1.66. The van der Waals surface area contributed by atoms with Crippen molar-refractivity contribution in [1.82, 2.24) is 5.32 Å². The van der Waals surface area contributed by atoms with E-state index in [0.717, 1.165) is 18.0 Å². The van der Waals surface area contributed by atoms with Crippen LogP contribution in [0.2, 0.25) is 0 Å². The van der Waals surface area contributed by atoms with Crippen LogP contribution in [0.5, 0.6) is 0 Å². The van der Waals surface area contributed by atoms with Crippen LogP contribution in [0.25, 0.3) is 0 Å². The van der Waals surface area contributed by atoms with Crippen molar-refractivity contribution < 1.29 is 0 Å². The van der Waals surface area contributed by atoms with Crippen LogP contribution < -0.4 is 5.32 Å². The molecule has 1 N–H and O–H groups in total. The maximum Gasteiger partial charge on any atom is 0.0230 e. The van der Waals surface area contributed by atoms with Crippen LogP contribution in [0.3, 0.4) is 0 Å². The van der Waals surface area contributed by atoms with Crippen LogP contribution in [0.1, 0.15) is 30.7 Å². The maximum atomic E-state index is 3.53. The molecule has 68 valence electrons. The van der Waals surface area contributed by atoms with E-state index in [-0.39, 0.29) is 0 Å². The fraction of sp³-hybridized carbons (Fsp3) is 0.500. The molecule has 1 saturated carbocycles. The molecule has 3 unspecified atom stereocenters. The average Bonchev–Trinajstić information content (AvgIpc) is 2.96. The lowest BCUT2D eigenvalue weighted by Gasteiger charge is -2.19. The average molecular weight is 173 g/mol. The predicted molar refractivity (Wildman–Crippen MR) is 53.7 cm³/mol. The van der Waals surface area contributed by atoms with E-state index in [9.17, 15) is 0 Å². The second-order valence-corrected chi connectivity index (χ2v) is 4.30. The Morgan fingerprint density at radius 2 is 1.85 bits per heavy atom. The molecule has 0 spiro atoms. The summed E-state index contributed by atoms with van der Waals surface area (Å²) in [6, 6.07) is 12.7. The Labute approximate surface area is 79.2 Å². The molecule has 1 heterocycles. The summed E-state index contributed by atoms with van der Waals surface area (Å²) < 4.78 is 0. The molecule has 1 aliphatic heterocycles.